The van der Waals surface area contributed by atoms with Gasteiger partial charge in [-0.15, -0.1) is 11.6 Å². The smallest absolute Gasteiger partial charge is 0.108 e. The molecule has 9 atom stereocenters. The summed E-state index contributed by atoms with van der Waals surface area (Å²) >= 11 is 6.63. The minimum Gasteiger partial charge on any atom is -0.381 e. The van der Waals surface area contributed by atoms with Crippen molar-refractivity contribution in [2.45, 2.75) is 101 Å². The van der Waals surface area contributed by atoms with E-state index in [9.17, 15) is 5.11 Å². The molecule has 7 unspecified atom stereocenters. The normalized spacial score (nSPS) is 49.1. The number of fused-ring (bicyclic) bond motifs is 1. The molecule has 1 aliphatic heterocycles. The van der Waals surface area contributed by atoms with Crippen LogP contribution in [0.3, 0.4) is 0 Å². The summed E-state index contributed by atoms with van der Waals surface area (Å²) in [5, 5.41) is 14.6. The van der Waals surface area contributed by atoms with Crippen molar-refractivity contribution >= 4 is 11.6 Å². The fourth-order valence-electron chi connectivity index (χ4n) is 7.34. The molecule has 0 aromatic carbocycles. The zero-order chi connectivity index (χ0) is 19.0. The van der Waals surface area contributed by atoms with Crippen molar-refractivity contribution in [1.29, 1.82) is 0 Å². The first kappa shape index (κ1) is 20.4. The number of aliphatic hydroxyl groups is 1. The molecule has 4 aliphatic rings. The van der Waals surface area contributed by atoms with E-state index in [1.54, 1.807) is 0 Å². The summed E-state index contributed by atoms with van der Waals surface area (Å²) in [7, 11) is 1.92. The molecule has 0 aromatic heterocycles. The molecule has 0 spiro atoms. The summed E-state index contributed by atoms with van der Waals surface area (Å²) in [6, 6.07) is 0.472. The number of methoxy groups -OCH3 is 1. The molecule has 156 valence electrons. The number of aliphatic hydroxyl groups excluding tert-OH is 1. The van der Waals surface area contributed by atoms with Crippen LogP contribution in [0, 0.1) is 35.5 Å². The Bertz CT molecular complexity index is 481. The lowest BCUT2D eigenvalue weighted by Gasteiger charge is -2.43. The minimum absolute atomic E-state index is 0.278. The van der Waals surface area contributed by atoms with E-state index in [1.165, 1.54) is 57.8 Å². The Morgan fingerprint density at radius 1 is 1.04 bits per heavy atom. The highest BCUT2D eigenvalue weighted by Crippen LogP contribution is 2.48. The monoisotopic (exact) mass is 397 g/mol. The summed E-state index contributed by atoms with van der Waals surface area (Å²) in [6.07, 6.45) is 14.3. The maximum Gasteiger partial charge on any atom is 0.108 e. The molecular formula is C23H40ClNO2. The molecule has 0 amide bonds. The zero-order valence-electron chi connectivity index (χ0n) is 17.3. The lowest BCUT2D eigenvalue weighted by Crippen LogP contribution is -2.41. The molecule has 4 fully saturated rings. The van der Waals surface area contributed by atoms with Crippen LogP contribution in [0.4, 0.5) is 0 Å². The van der Waals surface area contributed by atoms with Gasteiger partial charge in [-0.2, -0.15) is 0 Å². The van der Waals surface area contributed by atoms with Crippen molar-refractivity contribution in [3.05, 3.63) is 0 Å². The van der Waals surface area contributed by atoms with Crippen LogP contribution in [-0.2, 0) is 4.74 Å². The maximum atomic E-state index is 10.8. The molecule has 0 radical (unpaired) electrons. The van der Waals surface area contributed by atoms with Gasteiger partial charge in [0.1, 0.15) is 6.23 Å². The number of rotatable bonds is 4. The highest BCUT2D eigenvalue weighted by molar-refractivity contribution is 6.20. The second kappa shape index (κ2) is 8.90. The molecule has 3 saturated carbocycles. The average Bonchev–Trinajstić information content (AvgIpc) is 3.01. The molecule has 2 N–H and O–H groups in total. The summed E-state index contributed by atoms with van der Waals surface area (Å²) in [4.78, 5) is 0. The Morgan fingerprint density at radius 2 is 1.81 bits per heavy atom. The van der Waals surface area contributed by atoms with E-state index in [4.69, 9.17) is 16.3 Å². The summed E-state index contributed by atoms with van der Waals surface area (Å²) in [5.74, 6) is 3.77. The second-order valence-electron chi connectivity index (χ2n) is 10.2. The second-order valence-corrected chi connectivity index (χ2v) is 10.7. The number of hydrogen-bond donors (Lipinski definition) is 2. The Balaban J connectivity index is 1.42. The predicted octanol–water partition coefficient (Wildman–Crippen LogP) is 4.95. The molecule has 1 saturated heterocycles. The van der Waals surface area contributed by atoms with Crippen LogP contribution in [0.1, 0.15) is 77.6 Å². The predicted molar refractivity (Wildman–Crippen MR) is 111 cm³/mol. The first-order valence-corrected chi connectivity index (χ1v) is 12.1. The van der Waals surface area contributed by atoms with Crippen molar-refractivity contribution in [2.24, 2.45) is 35.5 Å². The standard InChI is InChI=1S/C23H40ClNO2/c1-14-19(24)9-10-20-22(14)18(23(26)25-20)13-15-8-11-21(27-2)17(12-15)16-6-4-3-5-7-16/h14-23,25-26H,3-13H2,1-2H3/t14?,15?,17?,18?,19?,20-,21?,22?,23+/m0/s1. The van der Waals surface area contributed by atoms with Gasteiger partial charge in [0.05, 0.1) is 6.10 Å². The summed E-state index contributed by atoms with van der Waals surface area (Å²) < 4.78 is 5.93. The quantitative estimate of drug-likeness (QED) is 0.659. The highest BCUT2D eigenvalue weighted by atomic mass is 35.5. The van der Waals surface area contributed by atoms with Crippen molar-refractivity contribution in [1.82, 2.24) is 5.32 Å². The van der Waals surface area contributed by atoms with E-state index in [2.05, 4.69) is 12.2 Å². The summed E-state index contributed by atoms with van der Waals surface area (Å²) in [5.41, 5.74) is 0. The average molecular weight is 398 g/mol. The van der Waals surface area contributed by atoms with Crippen molar-refractivity contribution in [2.75, 3.05) is 7.11 Å². The molecule has 4 heteroatoms. The van der Waals surface area contributed by atoms with E-state index in [1.807, 2.05) is 7.11 Å². The Kier molecular flexibility index (Phi) is 6.74. The third kappa shape index (κ3) is 4.22. The fourth-order valence-corrected chi connectivity index (χ4v) is 7.64. The maximum absolute atomic E-state index is 10.8. The Morgan fingerprint density at radius 3 is 2.56 bits per heavy atom. The van der Waals surface area contributed by atoms with E-state index in [0.717, 1.165) is 30.6 Å². The number of halogens is 1. The van der Waals surface area contributed by atoms with Crippen LogP contribution >= 0.6 is 11.6 Å². The van der Waals surface area contributed by atoms with Crippen LogP contribution in [0.5, 0.6) is 0 Å². The minimum atomic E-state index is -0.335. The van der Waals surface area contributed by atoms with Gasteiger partial charge in [0.15, 0.2) is 0 Å². The van der Waals surface area contributed by atoms with E-state index >= 15 is 0 Å². The highest BCUT2D eigenvalue weighted by Gasteiger charge is 2.49. The molecule has 27 heavy (non-hydrogen) atoms. The lowest BCUT2D eigenvalue weighted by atomic mass is 9.65. The van der Waals surface area contributed by atoms with Gasteiger partial charge in [-0.1, -0.05) is 39.0 Å². The van der Waals surface area contributed by atoms with E-state index < -0.39 is 0 Å². The SMILES string of the molecule is COC1CCC(CC2C3C(C)C(Cl)CC[C@@H]3N[C@@H]2O)CC1C1CCCCC1. The Hall–Kier alpha value is 0.170. The lowest BCUT2D eigenvalue weighted by molar-refractivity contribution is -0.0325. The van der Waals surface area contributed by atoms with Gasteiger partial charge in [-0.25, -0.2) is 0 Å². The van der Waals surface area contributed by atoms with E-state index in [0.29, 0.717) is 29.9 Å². The number of ether oxygens (including phenoxy) is 1. The molecule has 0 bridgehead atoms. The topological polar surface area (TPSA) is 41.5 Å². The number of alkyl halides is 1. The fraction of sp³-hybridized carbons (Fsp3) is 1.00. The first-order chi connectivity index (χ1) is 13.1. The van der Waals surface area contributed by atoms with Crippen molar-refractivity contribution in [3.63, 3.8) is 0 Å². The molecule has 1 heterocycles. The first-order valence-electron chi connectivity index (χ1n) is 11.7. The third-order valence-corrected chi connectivity index (χ3v) is 9.40. The number of nitrogens with one attached hydrogen (secondary N) is 1. The number of hydrogen-bond acceptors (Lipinski definition) is 3. The van der Waals surface area contributed by atoms with Crippen molar-refractivity contribution in [3.8, 4) is 0 Å². The van der Waals surface area contributed by atoms with Gasteiger partial charge in [0.2, 0.25) is 0 Å². The van der Waals surface area contributed by atoms with E-state index in [-0.39, 0.29) is 11.6 Å². The molecule has 0 aromatic rings. The van der Waals surface area contributed by atoms with Gasteiger partial charge < -0.3 is 9.84 Å². The molecular weight excluding hydrogens is 358 g/mol. The van der Waals surface area contributed by atoms with Crippen LogP contribution in [-0.4, -0.2) is 36.0 Å². The van der Waals surface area contributed by atoms with Gasteiger partial charge in [-0.05, 0) is 68.1 Å². The largest absolute Gasteiger partial charge is 0.381 e. The molecule has 3 nitrogen and oxygen atoms in total. The molecule has 3 aliphatic carbocycles. The summed E-state index contributed by atoms with van der Waals surface area (Å²) in [6.45, 7) is 2.31. The van der Waals surface area contributed by atoms with Crippen LogP contribution in [0.25, 0.3) is 0 Å². The van der Waals surface area contributed by atoms with Gasteiger partial charge in [0, 0.05) is 24.4 Å². The van der Waals surface area contributed by atoms with Gasteiger partial charge in [0.25, 0.3) is 0 Å². The van der Waals surface area contributed by atoms with Crippen LogP contribution in [0.2, 0.25) is 0 Å². The van der Waals surface area contributed by atoms with Gasteiger partial charge in [-0.3, -0.25) is 5.32 Å². The van der Waals surface area contributed by atoms with Crippen LogP contribution < -0.4 is 5.32 Å². The van der Waals surface area contributed by atoms with Crippen molar-refractivity contribution < 1.29 is 9.84 Å². The Labute approximate surface area is 171 Å². The zero-order valence-corrected chi connectivity index (χ0v) is 18.0. The molecule has 4 rings (SSSR count). The van der Waals surface area contributed by atoms with Gasteiger partial charge >= 0.3 is 0 Å². The third-order valence-electron chi connectivity index (χ3n) is 8.79. The van der Waals surface area contributed by atoms with Crippen LogP contribution in [0.15, 0.2) is 0 Å².